The van der Waals surface area contributed by atoms with Crippen LogP contribution in [0.5, 0.6) is 5.75 Å². The number of aryl methyl sites for hydroxylation is 1. The number of aromatic nitrogens is 1. The molecule has 1 aromatic heterocycles. The van der Waals surface area contributed by atoms with Crippen LogP contribution in [0.25, 0.3) is 22.0 Å². The van der Waals surface area contributed by atoms with E-state index in [9.17, 15) is 4.79 Å². The Morgan fingerprint density at radius 2 is 1.96 bits per heavy atom. The van der Waals surface area contributed by atoms with Crippen molar-refractivity contribution in [2.45, 2.75) is 0 Å². The second kappa shape index (κ2) is 5.57. The number of fused-ring (bicyclic) bond motifs is 1. The van der Waals surface area contributed by atoms with E-state index in [0.29, 0.717) is 12.2 Å². The zero-order valence-corrected chi connectivity index (χ0v) is 13.6. The van der Waals surface area contributed by atoms with Crippen molar-refractivity contribution in [3.8, 4) is 5.75 Å². The highest BCUT2D eigenvalue weighted by Gasteiger charge is 2.29. The summed E-state index contributed by atoms with van der Waals surface area (Å²) in [5.74, 6) is 0.433. The second-order valence-corrected chi connectivity index (χ2v) is 5.83. The van der Waals surface area contributed by atoms with E-state index in [2.05, 4.69) is 22.9 Å². The average molecular weight is 319 g/mol. The molecule has 4 nitrogen and oxygen atoms in total. The third-order valence-electron chi connectivity index (χ3n) is 4.43. The van der Waals surface area contributed by atoms with E-state index in [1.54, 1.807) is 7.11 Å². The lowest BCUT2D eigenvalue weighted by Gasteiger charge is -2.06. The number of para-hydroxylation sites is 1. The van der Waals surface area contributed by atoms with Crippen LogP contribution in [0.4, 0.5) is 0 Å². The van der Waals surface area contributed by atoms with Crippen molar-refractivity contribution in [3.63, 3.8) is 0 Å². The summed E-state index contributed by atoms with van der Waals surface area (Å²) in [6.07, 6.45) is 2.06. The smallest absolute Gasteiger partial charge is 0.339 e. The third-order valence-corrected chi connectivity index (χ3v) is 4.43. The summed E-state index contributed by atoms with van der Waals surface area (Å²) in [5.41, 5.74) is 4.52. The molecule has 1 aliphatic heterocycles. The molecule has 120 valence electrons. The number of cyclic esters (lactones) is 1. The van der Waals surface area contributed by atoms with Crippen LogP contribution in [0.15, 0.2) is 54.7 Å². The molecule has 0 fully saturated rings. The lowest BCUT2D eigenvalue weighted by Crippen LogP contribution is -1.98. The van der Waals surface area contributed by atoms with E-state index >= 15 is 0 Å². The van der Waals surface area contributed by atoms with Crippen molar-refractivity contribution in [2.24, 2.45) is 7.05 Å². The molecule has 0 spiro atoms. The van der Waals surface area contributed by atoms with Gasteiger partial charge in [0.1, 0.15) is 12.4 Å². The van der Waals surface area contributed by atoms with Crippen LogP contribution in [-0.2, 0) is 16.6 Å². The summed E-state index contributed by atoms with van der Waals surface area (Å²) in [7, 11) is 3.63. The Bertz CT molecular complexity index is 981. The zero-order chi connectivity index (χ0) is 16.7. The van der Waals surface area contributed by atoms with Gasteiger partial charge in [-0.1, -0.05) is 30.3 Å². The van der Waals surface area contributed by atoms with Crippen LogP contribution >= 0.6 is 0 Å². The maximum absolute atomic E-state index is 12.4. The normalized spacial score (nSPS) is 14.3. The van der Waals surface area contributed by atoms with Gasteiger partial charge in [0.15, 0.2) is 0 Å². The van der Waals surface area contributed by atoms with Gasteiger partial charge in [0.05, 0.1) is 12.7 Å². The molecule has 24 heavy (non-hydrogen) atoms. The summed E-state index contributed by atoms with van der Waals surface area (Å²) in [6, 6.07) is 15.7. The lowest BCUT2D eigenvalue weighted by molar-refractivity contribution is -0.133. The monoisotopic (exact) mass is 319 g/mol. The molecular formula is C20H17NO3. The molecule has 0 bridgehead atoms. The van der Waals surface area contributed by atoms with E-state index in [1.807, 2.05) is 43.4 Å². The largest absolute Gasteiger partial charge is 0.497 e. The van der Waals surface area contributed by atoms with E-state index in [1.165, 1.54) is 0 Å². The first-order valence-electron chi connectivity index (χ1n) is 7.78. The summed E-state index contributed by atoms with van der Waals surface area (Å²) in [5, 5.41) is 1.12. The fourth-order valence-electron chi connectivity index (χ4n) is 3.27. The minimum atomic E-state index is -0.286. The van der Waals surface area contributed by atoms with Gasteiger partial charge in [-0.3, -0.25) is 0 Å². The highest BCUT2D eigenvalue weighted by Crippen LogP contribution is 2.37. The van der Waals surface area contributed by atoms with Crippen molar-refractivity contribution in [1.82, 2.24) is 4.57 Å². The van der Waals surface area contributed by atoms with Gasteiger partial charge in [0.25, 0.3) is 0 Å². The Balaban J connectivity index is 1.96. The van der Waals surface area contributed by atoms with E-state index in [4.69, 9.17) is 9.47 Å². The molecule has 3 aromatic rings. The molecule has 2 heterocycles. The standard InChI is InChI=1S/C20H17NO3/c1-21-11-16(15-8-3-4-9-18(15)21)17-12-24-20(22)19(17)13-6-5-7-14(10-13)23-2/h3-11H,12H2,1-2H3. The Hall–Kier alpha value is -3.01. The Morgan fingerprint density at radius 1 is 1.12 bits per heavy atom. The fraction of sp³-hybridized carbons (Fsp3) is 0.150. The van der Waals surface area contributed by atoms with Gasteiger partial charge in [0.2, 0.25) is 0 Å². The summed E-state index contributed by atoms with van der Waals surface area (Å²) >= 11 is 0. The van der Waals surface area contributed by atoms with Gasteiger partial charge < -0.3 is 14.0 Å². The van der Waals surface area contributed by atoms with Crippen LogP contribution in [-0.4, -0.2) is 24.3 Å². The molecule has 0 radical (unpaired) electrons. The zero-order valence-electron chi connectivity index (χ0n) is 13.6. The first-order valence-corrected chi connectivity index (χ1v) is 7.78. The highest BCUT2D eigenvalue weighted by atomic mass is 16.5. The predicted octanol–water partition coefficient (Wildman–Crippen LogP) is 3.65. The maximum Gasteiger partial charge on any atom is 0.339 e. The first kappa shape index (κ1) is 14.6. The van der Waals surface area contributed by atoms with Gasteiger partial charge in [-0.2, -0.15) is 0 Å². The number of nitrogens with zero attached hydrogens (tertiary/aromatic N) is 1. The third kappa shape index (κ3) is 2.19. The molecule has 4 rings (SSSR count). The Kier molecular flexibility index (Phi) is 3.38. The van der Waals surface area contributed by atoms with Gasteiger partial charge in [-0.05, 0) is 23.8 Å². The molecular weight excluding hydrogens is 302 g/mol. The molecule has 0 saturated carbocycles. The lowest BCUT2D eigenvalue weighted by atomic mass is 9.96. The molecule has 4 heteroatoms. The van der Waals surface area contributed by atoms with Crippen molar-refractivity contribution in [2.75, 3.05) is 13.7 Å². The van der Waals surface area contributed by atoms with Crippen LogP contribution in [0.2, 0.25) is 0 Å². The molecule has 1 aliphatic rings. The van der Waals surface area contributed by atoms with E-state index in [-0.39, 0.29) is 5.97 Å². The van der Waals surface area contributed by atoms with Crippen LogP contribution in [0.1, 0.15) is 11.1 Å². The average Bonchev–Trinajstić information content (AvgIpc) is 3.15. The van der Waals surface area contributed by atoms with E-state index in [0.717, 1.165) is 33.4 Å². The van der Waals surface area contributed by atoms with E-state index < -0.39 is 0 Å². The molecule has 2 aromatic carbocycles. The number of methoxy groups -OCH3 is 1. The summed E-state index contributed by atoms with van der Waals surface area (Å²) in [6.45, 7) is 0.291. The number of benzene rings is 2. The number of hydrogen-bond acceptors (Lipinski definition) is 3. The summed E-state index contributed by atoms with van der Waals surface area (Å²) < 4.78 is 12.7. The fourth-order valence-corrected chi connectivity index (χ4v) is 3.27. The van der Waals surface area contributed by atoms with Gasteiger partial charge in [0, 0.05) is 35.3 Å². The van der Waals surface area contributed by atoms with Gasteiger partial charge in [-0.15, -0.1) is 0 Å². The van der Waals surface area contributed by atoms with Crippen LogP contribution < -0.4 is 4.74 Å². The molecule has 0 unspecified atom stereocenters. The van der Waals surface area contributed by atoms with Crippen molar-refractivity contribution < 1.29 is 14.3 Å². The number of rotatable bonds is 3. The summed E-state index contributed by atoms with van der Waals surface area (Å²) in [4.78, 5) is 12.4. The number of carbonyl (C=O) groups excluding carboxylic acids is 1. The topological polar surface area (TPSA) is 40.5 Å². The Morgan fingerprint density at radius 3 is 2.79 bits per heavy atom. The predicted molar refractivity (Wildman–Crippen MR) is 93.7 cm³/mol. The number of esters is 1. The van der Waals surface area contributed by atoms with Crippen molar-refractivity contribution in [3.05, 3.63) is 65.9 Å². The molecule has 0 atom stereocenters. The number of carbonyl (C=O) groups is 1. The minimum absolute atomic E-state index is 0.286. The number of hydrogen-bond donors (Lipinski definition) is 0. The molecule has 0 saturated heterocycles. The van der Waals surface area contributed by atoms with Crippen LogP contribution in [0.3, 0.4) is 0 Å². The minimum Gasteiger partial charge on any atom is -0.497 e. The first-order chi connectivity index (χ1) is 11.7. The number of ether oxygens (including phenoxy) is 2. The Labute approximate surface area is 139 Å². The van der Waals surface area contributed by atoms with Gasteiger partial charge >= 0.3 is 5.97 Å². The van der Waals surface area contributed by atoms with Gasteiger partial charge in [-0.25, -0.2) is 4.79 Å². The molecule has 0 N–H and O–H groups in total. The highest BCUT2D eigenvalue weighted by molar-refractivity contribution is 6.28. The van der Waals surface area contributed by atoms with Crippen molar-refractivity contribution >= 4 is 28.0 Å². The maximum atomic E-state index is 12.4. The second-order valence-electron chi connectivity index (χ2n) is 5.83. The molecule has 0 aliphatic carbocycles. The van der Waals surface area contributed by atoms with Crippen molar-refractivity contribution in [1.29, 1.82) is 0 Å². The molecule has 0 amide bonds. The SMILES string of the molecule is COc1cccc(C2=C(c3cn(C)c4ccccc34)COC2=O)c1. The van der Waals surface area contributed by atoms with Crippen LogP contribution in [0, 0.1) is 0 Å². The quantitative estimate of drug-likeness (QED) is 0.692.